The van der Waals surface area contributed by atoms with Crippen LogP contribution in [0, 0.1) is 0 Å². The quantitative estimate of drug-likeness (QED) is 0.228. The third kappa shape index (κ3) is 19.6. The maximum Gasteiger partial charge on any atom is -0.0228 e. The van der Waals surface area contributed by atoms with Crippen LogP contribution in [0.5, 0.6) is 0 Å². The van der Waals surface area contributed by atoms with Crippen LogP contribution in [0.2, 0.25) is 0 Å². The fourth-order valence-electron chi connectivity index (χ4n) is 2.67. The molecule has 0 aromatic heterocycles. The van der Waals surface area contributed by atoms with Gasteiger partial charge in [0.05, 0.1) is 0 Å². The van der Waals surface area contributed by atoms with Gasteiger partial charge in [0.15, 0.2) is 0 Å². The van der Waals surface area contributed by atoms with E-state index in [0.717, 1.165) is 19.3 Å². The van der Waals surface area contributed by atoms with Crippen molar-refractivity contribution in [3.05, 3.63) is 95.2 Å². The summed E-state index contributed by atoms with van der Waals surface area (Å²) in [5, 5.41) is 0. The lowest BCUT2D eigenvalue weighted by atomic mass is 9.92. The molecule has 0 atom stereocenters. The zero-order valence-corrected chi connectivity index (χ0v) is 22.6. The van der Waals surface area contributed by atoms with Crippen LogP contribution in [0.1, 0.15) is 101 Å². The number of hydrogen-bond donors (Lipinski definition) is 0. The average molecular weight is 425 g/mol. The van der Waals surface area contributed by atoms with Gasteiger partial charge in [-0.1, -0.05) is 93.5 Å². The molecule has 0 nitrogen and oxygen atoms in total. The summed E-state index contributed by atoms with van der Waals surface area (Å²) in [6.45, 7) is 32.9. The first-order valence-corrected chi connectivity index (χ1v) is 11.9. The molecule has 0 saturated carbocycles. The van der Waals surface area contributed by atoms with Crippen LogP contribution in [-0.2, 0) is 0 Å². The number of unbranched alkanes of at least 4 members (excludes halogenated alkanes) is 1. The normalized spacial score (nSPS) is 10.9. The highest BCUT2D eigenvalue weighted by atomic mass is 14.1. The van der Waals surface area contributed by atoms with Gasteiger partial charge in [0.1, 0.15) is 0 Å². The Morgan fingerprint density at radius 2 is 1.42 bits per heavy atom. The maximum atomic E-state index is 4.24. The molecule has 0 heterocycles. The second-order valence-electron chi connectivity index (χ2n) is 7.95. The Morgan fingerprint density at radius 3 is 1.77 bits per heavy atom. The molecule has 31 heavy (non-hydrogen) atoms. The van der Waals surface area contributed by atoms with Crippen molar-refractivity contribution < 1.29 is 0 Å². The Morgan fingerprint density at radius 1 is 0.839 bits per heavy atom. The van der Waals surface area contributed by atoms with E-state index in [0.29, 0.717) is 0 Å². The van der Waals surface area contributed by atoms with Gasteiger partial charge >= 0.3 is 0 Å². The lowest BCUT2D eigenvalue weighted by Crippen LogP contribution is -1.94. The van der Waals surface area contributed by atoms with Gasteiger partial charge in [-0.05, 0) is 96.4 Å². The molecular formula is C31H52. The first kappa shape index (κ1) is 33.6. The second kappa shape index (κ2) is 22.6. The van der Waals surface area contributed by atoms with E-state index in [1.54, 1.807) is 0 Å². The van der Waals surface area contributed by atoms with Gasteiger partial charge in [-0.2, -0.15) is 0 Å². The van der Waals surface area contributed by atoms with Crippen molar-refractivity contribution in [2.75, 3.05) is 0 Å². The predicted octanol–water partition coefficient (Wildman–Crippen LogP) is 11.0. The summed E-state index contributed by atoms with van der Waals surface area (Å²) in [5.41, 5.74) is 9.07. The fraction of sp³-hybridized carbons (Fsp3) is 0.484. The van der Waals surface area contributed by atoms with Crippen molar-refractivity contribution in [2.45, 2.75) is 101 Å². The number of allylic oxidation sites excluding steroid dienone is 13. The van der Waals surface area contributed by atoms with E-state index in [4.69, 9.17) is 0 Å². The average Bonchev–Trinajstić information content (AvgIpc) is 2.73. The first-order valence-electron chi connectivity index (χ1n) is 11.9. The van der Waals surface area contributed by atoms with Crippen LogP contribution in [0.3, 0.4) is 0 Å². The van der Waals surface area contributed by atoms with E-state index in [9.17, 15) is 0 Å². The summed E-state index contributed by atoms with van der Waals surface area (Å²) < 4.78 is 0. The van der Waals surface area contributed by atoms with Crippen LogP contribution in [0.4, 0.5) is 0 Å². The summed E-state index contributed by atoms with van der Waals surface area (Å²) in [7, 11) is 0. The zero-order valence-electron chi connectivity index (χ0n) is 22.6. The van der Waals surface area contributed by atoms with E-state index >= 15 is 0 Å². The minimum absolute atomic E-state index is 1.04. The molecule has 0 heteroatoms. The maximum absolute atomic E-state index is 4.24. The number of rotatable bonds is 11. The van der Waals surface area contributed by atoms with Crippen LogP contribution in [0.25, 0.3) is 0 Å². The van der Waals surface area contributed by atoms with Crippen LogP contribution in [-0.4, -0.2) is 0 Å². The molecule has 0 aliphatic carbocycles. The molecule has 0 aromatic rings. The molecule has 0 spiro atoms. The Labute approximate surface area is 196 Å². The smallest absolute Gasteiger partial charge is 0.0228 e. The molecule has 0 N–H and O–H groups in total. The second-order valence-corrected chi connectivity index (χ2v) is 7.95. The van der Waals surface area contributed by atoms with Crippen molar-refractivity contribution in [3.8, 4) is 0 Å². The molecule has 0 radical (unpaired) electrons. The van der Waals surface area contributed by atoms with Gasteiger partial charge < -0.3 is 0 Å². The third-order valence-electron chi connectivity index (χ3n) is 4.49. The van der Waals surface area contributed by atoms with Crippen LogP contribution < -0.4 is 0 Å². The lowest BCUT2D eigenvalue weighted by molar-refractivity contribution is 0.787. The van der Waals surface area contributed by atoms with Crippen molar-refractivity contribution in [1.29, 1.82) is 0 Å². The standard InChI is InChI=1S/C16H26.C13H20.C2H6/c1-7-10-12-16(13(4)5)14(6)15(9-3)11-8-2;1-6-13(9-7-11(2)3)10-8-12(4)5;1-2/h8-9,11H,6-7,10,12H2,1-5H3;6,8,10H,1-2,7,9H2,3-5H3;1-2H3/b11-8-,15-9+;13-10+;. The predicted molar refractivity (Wildman–Crippen MR) is 149 cm³/mol. The van der Waals surface area contributed by atoms with Gasteiger partial charge in [-0.25, -0.2) is 0 Å². The molecule has 0 rings (SSSR count). The molecule has 0 aliphatic rings. The molecule has 0 aliphatic heterocycles. The fourth-order valence-corrected chi connectivity index (χ4v) is 2.67. The molecule has 0 bridgehead atoms. The zero-order chi connectivity index (χ0) is 24.8. The minimum Gasteiger partial charge on any atom is -0.100 e. The molecule has 176 valence electrons. The molecule has 0 unspecified atom stereocenters. The van der Waals surface area contributed by atoms with Crippen molar-refractivity contribution in [1.82, 2.24) is 0 Å². The lowest BCUT2D eigenvalue weighted by Gasteiger charge is -2.14. The Hall–Kier alpha value is -2.08. The SMILES string of the molecule is C=C(C(CCCC)=C(C)C)C(/C=C\C)=C/C.C=C/C(=C\C=C(C)C)CCC(=C)C.CC. The van der Waals surface area contributed by atoms with Crippen LogP contribution >= 0.6 is 0 Å². The largest absolute Gasteiger partial charge is 0.100 e. The molecule has 0 saturated heterocycles. The molecule has 0 aromatic carbocycles. The Kier molecular flexibility index (Phi) is 24.5. The van der Waals surface area contributed by atoms with E-state index in [2.05, 4.69) is 98.6 Å². The highest BCUT2D eigenvalue weighted by Crippen LogP contribution is 2.26. The minimum atomic E-state index is 1.04. The summed E-state index contributed by atoms with van der Waals surface area (Å²) in [5.74, 6) is 0. The topological polar surface area (TPSA) is 0 Å². The van der Waals surface area contributed by atoms with Gasteiger partial charge in [0, 0.05) is 0 Å². The molecule has 0 amide bonds. The van der Waals surface area contributed by atoms with E-state index in [1.807, 2.05) is 26.8 Å². The highest BCUT2D eigenvalue weighted by Gasteiger charge is 2.07. The van der Waals surface area contributed by atoms with Crippen LogP contribution in [0.15, 0.2) is 95.2 Å². The van der Waals surface area contributed by atoms with Gasteiger partial charge in [0.25, 0.3) is 0 Å². The summed E-state index contributed by atoms with van der Waals surface area (Å²) >= 11 is 0. The third-order valence-corrected chi connectivity index (χ3v) is 4.49. The summed E-state index contributed by atoms with van der Waals surface area (Å²) in [4.78, 5) is 0. The Bertz CT molecular complexity index is 661. The summed E-state index contributed by atoms with van der Waals surface area (Å²) in [6.07, 6.45) is 18.2. The summed E-state index contributed by atoms with van der Waals surface area (Å²) in [6, 6.07) is 0. The monoisotopic (exact) mass is 424 g/mol. The van der Waals surface area contributed by atoms with Crippen molar-refractivity contribution in [2.24, 2.45) is 0 Å². The van der Waals surface area contributed by atoms with Gasteiger partial charge in [-0.3, -0.25) is 0 Å². The Balaban J connectivity index is -0.000000476. The van der Waals surface area contributed by atoms with E-state index in [1.165, 1.54) is 51.9 Å². The van der Waals surface area contributed by atoms with Crippen molar-refractivity contribution >= 4 is 0 Å². The van der Waals surface area contributed by atoms with E-state index < -0.39 is 0 Å². The molecular weight excluding hydrogens is 372 g/mol. The van der Waals surface area contributed by atoms with E-state index in [-0.39, 0.29) is 0 Å². The number of hydrogen-bond acceptors (Lipinski definition) is 0. The molecule has 0 fully saturated rings. The highest BCUT2D eigenvalue weighted by molar-refractivity contribution is 5.51. The van der Waals surface area contributed by atoms with Gasteiger partial charge in [0.2, 0.25) is 0 Å². The first-order chi connectivity index (χ1) is 14.6. The van der Waals surface area contributed by atoms with Crippen molar-refractivity contribution in [3.63, 3.8) is 0 Å². The van der Waals surface area contributed by atoms with Gasteiger partial charge in [-0.15, -0.1) is 6.58 Å².